The summed E-state index contributed by atoms with van der Waals surface area (Å²) in [6.07, 6.45) is -0.174. The molecule has 0 fully saturated rings. The van der Waals surface area contributed by atoms with Crippen molar-refractivity contribution in [1.82, 2.24) is 0 Å². The van der Waals surface area contributed by atoms with Crippen molar-refractivity contribution in [3.8, 4) is 0 Å². The molecule has 0 aromatic heterocycles. The molecule has 0 N–H and O–H groups in total. The maximum Gasteiger partial charge on any atom is 0.318 e. The average molecular weight is 412 g/mol. The van der Waals surface area contributed by atoms with E-state index in [1.165, 1.54) is 0 Å². The third kappa shape index (κ3) is 4.42. The molecule has 110 valence electrons. The van der Waals surface area contributed by atoms with E-state index in [1.54, 1.807) is 0 Å². The summed E-state index contributed by atoms with van der Waals surface area (Å²) in [5.41, 5.74) is 1.88. The molecule has 2 rings (SSSR count). The fraction of sp³-hybridized carbons (Fsp3) is 0.235. The second-order valence-corrected chi connectivity index (χ2v) is 5.92. The molecule has 0 unspecified atom stereocenters. The Morgan fingerprint density at radius 2 is 1.29 bits per heavy atom. The SMILES string of the molecule is O=C(OC(CBr)CBr)C(c1ccccc1)c1ccccc1. The molecular weight excluding hydrogens is 396 g/mol. The Bertz CT molecular complexity index is 514. The summed E-state index contributed by atoms with van der Waals surface area (Å²) in [5, 5.41) is 1.22. The van der Waals surface area contributed by atoms with Gasteiger partial charge in [-0.05, 0) is 11.1 Å². The molecule has 21 heavy (non-hydrogen) atoms. The van der Waals surface area contributed by atoms with Crippen molar-refractivity contribution in [3.05, 3.63) is 71.8 Å². The van der Waals surface area contributed by atoms with Crippen LogP contribution >= 0.6 is 31.9 Å². The van der Waals surface area contributed by atoms with Gasteiger partial charge in [0.05, 0.1) is 0 Å². The number of alkyl halides is 2. The van der Waals surface area contributed by atoms with Crippen molar-refractivity contribution < 1.29 is 9.53 Å². The number of carbonyl (C=O) groups is 1. The lowest BCUT2D eigenvalue weighted by Gasteiger charge is -2.20. The largest absolute Gasteiger partial charge is 0.460 e. The van der Waals surface area contributed by atoms with Crippen LogP contribution in [0.4, 0.5) is 0 Å². The van der Waals surface area contributed by atoms with Gasteiger partial charge in [-0.15, -0.1) is 0 Å². The minimum Gasteiger partial charge on any atom is -0.460 e. The Kier molecular flexibility index (Phi) is 6.46. The van der Waals surface area contributed by atoms with Gasteiger partial charge in [0.2, 0.25) is 0 Å². The number of benzene rings is 2. The van der Waals surface area contributed by atoms with Crippen LogP contribution in [0.3, 0.4) is 0 Å². The lowest BCUT2D eigenvalue weighted by atomic mass is 9.91. The van der Waals surface area contributed by atoms with Gasteiger partial charge in [0.15, 0.2) is 0 Å². The van der Waals surface area contributed by atoms with Gasteiger partial charge >= 0.3 is 5.97 Å². The van der Waals surface area contributed by atoms with Crippen LogP contribution in [0, 0.1) is 0 Å². The predicted octanol–water partition coefficient (Wildman–Crippen LogP) is 4.52. The van der Waals surface area contributed by atoms with Crippen LogP contribution < -0.4 is 0 Å². The van der Waals surface area contributed by atoms with Crippen LogP contribution in [0.25, 0.3) is 0 Å². The van der Waals surface area contributed by atoms with Gasteiger partial charge in [-0.3, -0.25) is 4.79 Å². The van der Waals surface area contributed by atoms with Gasteiger partial charge in [0.1, 0.15) is 12.0 Å². The van der Waals surface area contributed by atoms with Crippen LogP contribution in [-0.2, 0) is 9.53 Å². The van der Waals surface area contributed by atoms with Crippen molar-refractivity contribution in [1.29, 1.82) is 0 Å². The number of rotatable bonds is 6. The van der Waals surface area contributed by atoms with E-state index >= 15 is 0 Å². The molecule has 0 atom stereocenters. The summed E-state index contributed by atoms with van der Waals surface area (Å²) < 4.78 is 5.59. The second-order valence-electron chi connectivity index (χ2n) is 4.62. The van der Waals surface area contributed by atoms with Crippen molar-refractivity contribution >= 4 is 37.8 Å². The Hall–Kier alpha value is -1.13. The zero-order chi connectivity index (χ0) is 15.1. The van der Waals surface area contributed by atoms with Crippen molar-refractivity contribution in [2.75, 3.05) is 10.7 Å². The highest BCUT2D eigenvalue weighted by Gasteiger charge is 2.26. The Morgan fingerprint density at radius 3 is 1.67 bits per heavy atom. The molecule has 2 aromatic carbocycles. The van der Waals surface area contributed by atoms with Crippen molar-refractivity contribution in [3.63, 3.8) is 0 Å². The lowest BCUT2D eigenvalue weighted by Crippen LogP contribution is -2.26. The number of hydrogen-bond acceptors (Lipinski definition) is 2. The summed E-state index contributed by atoms with van der Waals surface area (Å²) in [5.74, 6) is -0.621. The normalized spacial score (nSPS) is 10.9. The van der Waals surface area contributed by atoms with E-state index in [2.05, 4.69) is 31.9 Å². The molecule has 0 radical (unpaired) electrons. The first-order chi connectivity index (χ1) is 10.3. The second kappa shape index (κ2) is 8.35. The highest BCUT2D eigenvalue weighted by molar-refractivity contribution is 9.09. The Morgan fingerprint density at radius 1 is 0.857 bits per heavy atom. The standard InChI is InChI=1S/C17H16Br2O2/c18-11-15(12-19)21-17(20)16(13-7-3-1-4-8-13)14-9-5-2-6-10-14/h1-10,15-16H,11-12H2. The van der Waals surface area contributed by atoms with Crippen LogP contribution in [0.15, 0.2) is 60.7 Å². The van der Waals surface area contributed by atoms with Crippen molar-refractivity contribution in [2.24, 2.45) is 0 Å². The first-order valence-corrected chi connectivity index (χ1v) is 8.93. The van der Waals surface area contributed by atoms with Crippen LogP contribution in [0.2, 0.25) is 0 Å². The summed E-state index contributed by atoms with van der Waals surface area (Å²) in [4.78, 5) is 12.6. The molecule has 0 amide bonds. The van der Waals surface area contributed by atoms with E-state index in [0.29, 0.717) is 10.7 Å². The molecule has 0 aliphatic heterocycles. The maximum atomic E-state index is 12.6. The number of esters is 1. The smallest absolute Gasteiger partial charge is 0.318 e. The molecule has 0 saturated carbocycles. The van der Waals surface area contributed by atoms with Gasteiger partial charge in [-0.2, -0.15) is 0 Å². The number of halogens is 2. The molecule has 0 spiro atoms. The van der Waals surface area contributed by atoms with Crippen LogP contribution in [0.1, 0.15) is 17.0 Å². The van der Waals surface area contributed by atoms with Gasteiger partial charge in [0, 0.05) is 10.7 Å². The zero-order valence-corrected chi connectivity index (χ0v) is 14.6. The maximum absolute atomic E-state index is 12.6. The summed E-state index contributed by atoms with van der Waals surface area (Å²) >= 11 is 6.72. The zero-order valence-electron chi connectivity index (χ0n) is 11.4. The monoisotopic (exact) mass is 410 g/mol. The molecule has 0 heterocycles. The molecule has 0 aliphatic rings. The predicted molar refractivity (Wildman–Crippen MR) is 92.2 cm³/mol. The van der Waals surface area contributed by atoms with E-state index in [4.69, 9.17) is 4.74 Å². The van der Waals surface area contributed by atoms with Gasteiger partial charge < -0.3 is 4.74 Å². The molecule has 2 nitrogen and oxygen atoms in total. The molecule has 0 bridgehead atoms. The topological polar surface area (TPSA) is 26.3 Å². The highest BCUT2D eigenvalue weighted by Crippen LogP contribution is 2.26. The quantitative estimate of drug-likeness (QED) is 0.516. The minimum absolute atomic E-state index is 0.174. The fourth-order valence-electron chi connectivity index (χ4n) is 2.09. The van der Waals surface area contributed by atoms with Crippen molar-refractivity contribution in [2.45, 2.75) is 12.0 Å². The molecular formula is C17H16Br2O2. The van der Waals surface area contributed by atoms with E-state index < -0.39 is 5.92 Å². The fourth-order valence-corrected chi connectivity index (χ4v) is 3.43. The van der Waals surface area contributed by atoms with Gasteiger partial charge in [-0.1, -0.05) is 92.5 Å². The number of carbonyl (C=O) groups excluding carboxylic acids is 1. The summed E-state index contributed by atoms with van der Waals surface area (Å²) in [6, 6.07) is 19.4. The molecule has 2 aromatic rings. The Balaban J connectivity index is 2.31. The van der Waals surface area contributed by atoms with Gasteiger partial charge in [0.25, 0.3) is 0 Å². The summed E-state index contributed by atoms with van der Waals surface area (Å²) in [6.45, 7) is 0. The first-order valence-electron chi connectivity index (χ1n) is 6.68. The van der Waals surface area contributed by atoms with E-state index in [0.717, 1.165) is 11.1 Å². The molecule has 4 heteroatoms. The third-order valence-corrected chi connectivity index (χ3v) is 4.57. The van der Waals surface area contributed by atoms with E-state index in [-0.39, 0.29) is 12.1 Å². The average Bonchev–Trinajstić information content (AvgIpc) is 2.55. The Labute approximate surface area is 141 Å². The van der Waals surface area contributed by atoms with E-state index in [1.807, 2.05) is 60.7 Å². The molecule has 0 aliphatic carbocycles. The first kappa shape index (κ1) is 16.2. The molecule has 0 saturated heterocycles. The van der Waals surface area contributed by atoms with E-state index in [9.17, 15) is 4.79 Å². The highest BCUT2D eigenvalue weighted by atomic mass is 79.9. The van der Waals surface area contributed by atoms with Crippen LogP contribution in [0.5, 0.6) is 0 Å². The summed E-state index contributed by atoms with van der Waals surface area (Å²) in [7, 11) is 0. The van der Waals surface area contributed by atoms with Crippen LogP contribution in [-0.4, -0.2) is 22.7 Å². The minimum atomic E-state index is -0.395. The van der Waals surface area contributed by atoms with Gasteiger partial charge in [-0.25, -0.2) is 0 Å². The number of hydrogen-bond donors (Lipinski definition) is 0. The lowest BCUT2D eigenvalue weighted by molar-refractivity contribution is -0.147. The third-order valence-electron chi connectivity index (χ3n) is 3.13. The number of ether oxygens (including phenoxy) is 1.